The van der Waals surface area contributed by atoms with Gasteiger partial charge in [0.05, 0.1) is 10.6 Å². The number of nitrogens with zero attached hydrogens (tertiary/aromatic N) is 1. The van der Waals surface area contributed by atoms with Gasteiger partial charge >= 0.3 is 0 Å². The maximum atomic E-state index is 13.2. The molecule has 0 aliphatic heterocycles. The van der Waals surface area contributed by atoms with E-state index in [2.05, 4.69) is 12.2 Å². The van der Waals surface area contributed by atoms with Gasteiger partial charge in [0.25, 0.3) is 10.0 Å². The van der Waals surface area contributed by atoms with Crippen LogP contribution in [-0.4, -0.2) is 27.4 Å². The smallest absolute Gasteiger partial charge is 0.264 e. The zero-order valence-corrected chi connectivity index (χ0v) is 17.1. The average molecular weight is 389 g/mol. The molecule has 0 aliphatic carbocycles. The second-order valence-corrected chi connectivity index (χ2v) is 8.59. The third-order valence-corrected chi connectivity index (χ3v) is 6.00. The zero-order valence-electron chi connectivity index (χ0n) is 16.2. The van der Waals surface area contributed by atoms with Gasteiger partial charge in [0.2, 0.25) is 5.91 Å². The molecule has 0 saturated carbocycles. The molecule has 2 aromatic rings. The van der Waals surface area contributed by atoms with Crippen molar-refractivity contribution >= 4 is 21.6 Å². The van der Waals surface area contributed by atoms with Crippen LogP contribution in [-0.2, 0) is 14.8 Å². The van der Waals surface area contributed by atoms with Crippen LogP contribution in [0.4, 0.5) is 5.69 Å². The fourth-order valence-corrected chi connectivity index (χ4v) is 4.34. The Balaban J connectivity index is 2.33. The molecule has 2 aromatic carbocycles. The fourth-order valence-electron chi connectivity index (χ4n) is 2.92. The molecule has 1 amide bonds. The van der Waals surface area contributed by atoms with Gasteiger partial charge in [0.15, 0.2) is 0 Å². The molecule has 0 unspecified atom stereocenters. The molecule has 0 aromatic heterocycles. The van der Waals surface area contributed by atoms with Crippen molar-refractivity contribution in [2.45, 2.75) is 44.9 Å². The highest BCUT2D eigenvalue weighted by Crippen LogP contribution is 2.25. The highest BCUT2D eigenvalue weighted by molar-refractivity contribution is 7.92. The summed E-state index contributed by atoms with van der Waals surface area (Å²) in [6.45, 7) is 6.23. The molecular formula is C21H28N2O3S. The summed E-state index contributed by atoms with van der Waals surface area (Å²) in [5.41, 5.74) is 2.39. The van der Waals surface area contributed by atoms with Gasteiger partial charge < -0.3 is 5.32 Å². The van der Waals surface area contributed by atoms with Crippen LogP contribution in [0, 0.1) is 13.8 Å². The molecule has 146 valence electrons. The number of carbonyl (C=O) groups is 1. The Morgan fingerprint density at radius 1 is 1.00 bits per heavy atom. The van der Waals surface area contributed by atoms with E-state index >= 15 is 0 Å². The van der Waals surface area contributed by atoms with E-state index in [0.717, 1.165) is 30.4 Å². The summed E-state index contributed by atoms with van der Waals surface area (Å²) >= 11 is 0. The van der Waals surface area contributed by atoms with E-state index in [0.29, 0.717) is 12.2 Å². The quantitative estimate of drug-likeness (QED) is 0.665. The maximum Gasteiger partial charge on any atom is 0.264 e. The Hall–Kier alpha value is -2.34. The number of rotatable bonds is 9. The molecule has 0 radical (unpaired) electrons. The average Bonchev–Trinajstić information content (AvgIpc) is 2.63. The number of unbranched alkanes of at least 4 members (excludes halogenated alkanes) is 2. The van der Waals surface area contributed by atoms with Crippen LogP contribution in [0.5, 0.6) is 0 Å². The minimum Gasteiger partial charge on any atom is -0.355 e. The molecule has 0 bridgehead atoms. The van der Waals surface area contributed by atoms with Crippen LogP contribution >= 0.6 is 0 Å². The van der Waals surface area contributed by atoms with Crippen molar-refractivity contribution in [3.05, 3.63) is 59.7 Å². The second-order valence-electron chi connectivity index (χ2n) is 6.73. The predicted octanol–water partition coefficient (Wildman–Crippen LogP) is 3.81. The summed E-state index contributed by atoms with van der Waals surface area (Å²) in [5, 5.41) is 2.83. The molecule has 0 fully saturated rings. The molecule has 1 N–H and O–H groups in total. The van der Waals surface area contributed by atoms with E-state index in [4.69, 9.17) is 0 Å². The van der Waals surface area contributed by atoms with Crippen molar-refractivity contribution in [3.63, 3.8) is 0 Å². The van der Waals surface area contributed by atoms with E-state index in [9.17, 15) is 13.2 Å². The Labute approximate surface area is 162 Å². The van der Waals surface area contributed by atoms with E-state index in [1.807, 2.05) is 19.9 Å². The lowest BCUT2D eigenvalue weighted by Crippen LogP contribution is -2.41. The molecule has 6 heteroatoms. The van der Waals surface area contributed by atoms with Crippen molar-refractivity contribution in [2.75, 3.05) is 17.4 Å². The molecule has 0 spiro atoms. The number of amides is 1. The summed E-state index contributed by atoms with van der Waals surface area (Å²) in [5.74, 6) is -0.301. The number of benzene rings is 2. The van der Waals surface area contributed by atoms with Crippen molar-refractivity contribution in [1.29, 1.82) is 0 Å². The van der Waals surface area contributed by atoms with E-state index < -0.39 is 10.0 Å². The lowest BCUT2D eigenvalue weighted by atomic mass is 10.1. The number of aryl methyl sites for hydroxylation is 2. The van der Waals surface area contributed by atoms with Gasteiger partial charge in [-0.1, -0.05) is 44.0 Å². The van der Waals surface area contributed by atoms with Gasteiger partial charge in [0, 0.05) is 6.54 Å². The number of anilines is 1. The monoisotopic (exact) mass is 388 g/mol. The molecule has 0 saturated heterocycles. The molecule has 0 aliphatic rings. The predicted molar refractivity (Wildman–Crippen MR) is 109 cm³/mol. The third-order valence-electron chi connectivity index (χ3n) is 4.22. The summed E-state index contributed by atoms with van der Waals surface area (Å²) in [7, 11) is -3.85. The number of carbonyl (C=O) groups excluding carboxylic acids is 1. The van der Waals surface area contributed by atoms with Crippen LogP contribution in [0.3, 0.4) is 0 Å². The summed E-state index contributed by atoms with van der Waals surface area (Å²) in [6, 6.07) is 13.8. The van der Waals surface area contributed by atoms with Crippen molar-refractivity contribution in [1.82, 2.24) is 5.32 Å². The van der Waals surface area contributed by atoms with Crippen LogP contribution in [0.15, 0.2) is 53.4 Å². The number of hydrogen-bond acceptors (Lipinski definition) is 3. The summed E-state index contributed by atoms with van der Waals surface area (Å²) in [6.07, 6.45) is 2.98. The topological polar surface area (TPSA) is 66.5 Å². The summed E-state index contributed by atoms with van der Waals surface area (Å²) < 4.78 is 27.6. The number of hydrogen-bond donors (Lipinski definition) is 1. The molecule has 5 nitrogen and oxygen atoms in total. The number of sulfonamides is 1. The first-order chi connectivity index (χ1) is 12.8. The van der Waals surface area contributed by atoms with Crippen molar-refractivity contribution in [3.8, 4) is 0 Å². The summed E-state index contributed by atoms with van der Waals surface area (Å²) in [4.78, 5) is 12.6. The highest BCUT2D eigenvalue weighted by atomic mass is 32.2. The van der Waals surface area contributed by atoms with Crippen molar-refractivity contribution < 1.29 is 13.2 Å². The van der Waals surface area contributed by atoms with Gasteiger partial charge in [-0.15, -0.1) is 0 Å². The Morgan fingerprint density at radius 2 is 1.63 bits per heavy atom. The standard InChI is InChI=1S/C21H28N2O3S/c1-4-5-9-12-22-21(24)16-23(19-14-17(2)13-18(3)15-19)27(25,26)20-10-7-6-8-11-20/h6-8,10-11,13-15H,4-5,9,12,16H2,1-3H3,(H,22,24). The zero-order chi connectivity index (χ0) is 19.9. The second kappa shape index (κ2) is 9.55. The van der Waals surface area contributed by atoms with E-state index in [-0.39, 0.29) is 17.3 Å². The van der Waals surface area contributed by atoms with Crippen LogP contribution in [0.1, 0.15) is 37.3 Å². The molecular weight excluding hydrogens is 360 g/mol. The fraction of sp³-hybridized carbons (Fsp3) is 0.381. The molecule has 2 rings (SSSR count). The van der Waals surface area contributed by atoms with Crippen LogP contribution < -0.4 is 9.62 Å². The SMILES string of the molecule is CCCCCNC(=O)CN(c1cc(C)cc(C)c1)S(=O)(=O)c1ccccc1. The normalized spacial score (nSPS) is 11.2. The maximum absolute atomic E-state index is 13.2. The highest BCUT2D eigenvalue weighted by Gasteiger charge is 2.27. The van der Waals surface area contributed by atoms with Gasteiger partial charge in [0.1, 0.15) is 6.54 Å². The minimum absolute atomic E-state index is 0.169. The van der Waals surface area contributed by atoms with Crippen molar-refractivity contribution in [2.24, 2.45) is 0 Å². The lowest BCUT2D eigenvalue weighted by Gasteiger charge is -2.25. The Kier molecular flexibility index (Phi) is 7.42. The Morgan fingerprint density at radius 3 is 2.22 bits per heavy atom. The van der Waals surface area contributed by atoms with Gasteiger partial charge in [-0.2, -0.15) is 0 Å². The molecule has 27 heavy (non-hydrogen) atoms. The largest absolute Gasteiger partial charge is 0.355 e. The molecule has 0 atom stereocenters. The van der Waals surface area contributed by atoms with Crippen LogP contribution in [0.2, 0.25) is 0 Å². The number of nitrogens with one attached hydrogen (secondary N) is 1. The minimum atomic E-state index is -3.85. The molecule has 0 heterocycles. The van der Waals surface area contributed by atoms with E-state index in [1.165, 1.54) is 4.31 Å². The van der Waals surface area contributed by atoms with Gasteiger partial charge in [-0.25, -0.2) is 8.42 Å². The van der Waals surface area contributed by atoms with Gasteiger partial charge in [-0.05, 0) is 55.7 Å². The Bertz CT molecular complexity index is 844. The first kappa shape index (κ1) is 21.0. The van der Waals surface area contributed by atoms with Gasteiger partial charge in [-0.3, -0.25) is 9.10 Å². The van der Waals surface area contributed by atoms with Crippen LogP contribution in [0.25, 0.3) is 0 Å². The third kappa shape index (κ3) is 5.82. The first-order valence-corrected chi connectivity index (χ1v) is 10.7. The lowest BCUT2D eigenvalue weighted by molar-refractivity contribution is -0.119. The van der Waals surface area contributed by atoms with E-state index in [1.54, 1.807) is 42.5 Å². The first-order valence-electron chi connectivity index (χ1n) is 9.27.